The van der Waals surface area contributed by atoms with E-state index in [1.54, 1.807) is 6.20 Å². The van der Waals surface area contributed by atoms with Crippen molar-refractivity contribution in [1.29, 1.82) is 0 Å². The second-order valence-electron chi connectivity index (χ2n) is 6.71. The first kappa shape index (κ1) is 15.1. The van der Waals surface area contributed by atoms with Crippen molar-refractivity contribution in [3.8, 4) is 0 Å². The van der Waals surface area contributed by atoms with Gasteiger partial charge in [-0.2, -0.15) is 10.1 Å². The summed E-state index contributed by atoms with van der Waals surface area (Å²) in [6.07, 6.45) is 7.10. The van der Waals surface area contributed by atoms with Gasteiger partial charge in [-0.25, -0.2) is 4.98 Å². The summed E-state index contributed by atoms with van der Waals surface area (Å²) in [6, 6.07) is 10.2. The molecule has 26 heavy (non-hydrogen) atoms. The van der Waals surface area contributed by atoms with Crippen molar-refractivity contribution < 1.29 is 0 Å². The van der Waals surface area contributed by atoms with E-state index in [1.807, 2.05) is 12.3 Å². The van der Waals surface area contributed by atoms with Crippen molar-refractivity contribution in [3.05, 3.63) is 53.3 Å². The molecule has 0 unspecified atom stereocenters. The zero-order valence-electron chi connectivity index (χ0n) is 14.2. The van der Waals surface area contributed by atoms with Crippen LogP contribution in [0, 0.1) is 0 Å². The molecular weight excluding hydrogens is 326 g/mol. The molecule has 130 valence electrons. The molecule has 0 radical (unpaired) electrons. The van der Waals surface area contributed by atoms with Crippen LogP contribution >= 0.6 is 0 Å². The van der Waals surface area contributed by atoms with Gasteiger partial charge in [0.1, 0.15) is 5.82 Å². The number of benzene rings is 1. The van der Waals surface area contributed by atoms with Gasteiger partial charge in [-0.05, 0) is 36.1 Å². The molecule has 0 spiro atoms. The summed E-state index contributed by atoms with van der Waals surface area (Å²) < 4.78 is 0. The standard InChI is InChI=1S/C19H19N7/c1-2-14-5-7-20-15(14)9-12(1)11-22-19-21-8-6-17(24-19)23-18-10-16(25-26-18)13-3-4-13/h1-2,6-10,13H,3-5,11H2,(H3,21,22,23,24,25,26). The third-order valence-electron chi connectivity index (χ3n) is 4.67. The second kappa shape index (κ2) is 6.25. The smallest absolute Gasteiger partial charge is 0.224 e. The Labute approximate surface area is 151 Å². The lowest BCUT2D eigenvalue weighted by Crippen LogP contribution is -2.05. The highest BCUT2D eigenvalue weighted by molar-refractivity contribution is 5.76. The first-order valence-corrected chi connectivity index (χ1v) is 8.87. The van der Waals surface area contributed by atoms with Gasteiger partial charge in [0.25, 0.3) is 0 Å². The summed E-state index contributed by atoms with van der Waals surface area (Å²) in [4.78, 5) is 13.2. The number of rotatable bonds is 6. The quantitative estimate of drug-likeness (QED) is 0.634. The van der Waals surface area contributed by atoms with Crippen molar-refractivity contribution in [3.63, 3.8) is 0 Å². The van der Waals surface area contributed by atoms with Gasteiger partial charge in [0.05, 0.1) is 5.69 Å². The molecule has 1 fully saturated rings. The van der Waals surface area contributed by atoms with Gasteiger partial charge in [-0.15, -0.1) is 0 Å². The summed E-state index contributed by atoms with van der Waals surface area (Å²) in [6.45, 7) is 0.653. The highest BCUT2D eigenvalue weighted by Gasteiger charge is 2.25. The molecule has 0 amide bonds. The molecule has 5 rings (SSSR count). The highest BCUT2D eigenvalue weighted by Crippen LogP contribution is 2.39. The van der Waals surface area contributed by atoms with E-state index in [-0.39, 0.29) is 0 Å². The number of nitrogens with zero attached hydrogens (tertiary/aromatic N) is 4. The Morgan fingerprint density at radius 1 is 1.12 bits per heavy atom. The number of anilines is 3. The predicted molar refractivity (Wildman–Crippen MR) is 102 cm³/mol. The van der Waals surface area contributed by atoms with Gasteiger partial charge in [0.2, 0.25) is 5.95 Å². The van der Waals surface area contributed by atoms with Gasteiger partial charge >= 0.3 is 0 Å². The van der Waals surface area contributed by atoms with Gasteiger partial charge in [-0.1, -0.05) is 12.1 Å². The van der Waals surface area contributed by atoms with Gasteiger partial charge in [-0.3, -0.25) is 10.1 Å². The lowest BCUT2D eigenvalue weighted by Gasteiger charge is -2.08. The van der Waals surface area contributed by atoms with Crippen molar-refractivity contribution >= 4 is 29.5 Å². The molecule has 1 saturated carbocycles. The predicted octanol–water partition coefficient (Wildman–Crippen LogP) is 3.69. The van der Waals surface area contributed by atoms with E-state index in [0.29, 0.717) is 18.4 Å². The molecule has 3 N–H and O–H groups in total. The van der Waals surface area contributed by atoms with Gasteiger partial charge < -0.3 is 10.6 Å². The molecule has 1 aliphatic heterocycles. The minimum absolute atomic E-state index is 0.581. The first-order valence-electron chi connectivity index (χ1n) is 8.87. The monoisotopic (exact) mass is 345 g/mol. The molecule has 0 bridgehead atoms. The van der Waals surface area contributed by atoms with Crippen LogP contribution in [-0.4, -0.2) is 26.4 Å². The summed E-state index contributed by atoms with van der Waals surface area (Å²) in [5.74, 6) is 2.73. The first-order chi connectivity index (χ1) is 12.8. The number of H-pyrrole nitrogens is 1. The summed E-state index contributed by atoms with van der Waals surface area (Å²) >= 11 is 0. The minimum atomic E-state index is 0.581. The van der Waals surface area contributed by atoms with Crippen molar-refractivity contribution in [1.82, 2.24) is 20.2 Å². The van der Waals surface area contributed by atoms with Crippen LogP contribution in [0.3, 0.4) is 0 Å². The summed E-state index contributed by atoms with van der Waals surface area (Å²) in [7, 11) is 0. The fourth-order valence-electron chi connectivity index (χ4n) is 3.08. The number of aliphatic imine (C=N–C) groups is 1. The lowest BCUT2D eigenvalue weighted by molar-refractivity contribution is 0.966. The van der Waals surface area contributed by atoms with E-state index in [4.69, 9.17) is 0 Å². The van der Waals surface area contributed by atoms with E-state index in [9.17, 15) is 0 Å². The Balaban J connectivity index is 1.25. The van der Waals surface area contributed by atoms with Crippen LogP contribution in [0.5, 0.6) is 0 Å². The lowest BCUT2D eigenvalue weighted by atomic mass is 10.1. The van der Waals surface area contributed by atoms with Gasteiger partial charge in [0, 0.05) is 43.1 Å². The Kier molecular flexibility index (Phi) is 3.62. The highest BCUT2D eigenvalue weighted by atomic mass is 15.2. The molecule has 1 aliphatic carbocycles. The topological polar surface area (TPSA) is 90.9 Å². The van der Waals surface area contributed by atoms with E-state index in [0.717, 1.165) is 29.3 Å². The minimum Gasteiger partial charge on any atom is -0.350 e. The molecule has 0 atom stereocenters. The van der Waals surface area contributed by atoms with E-state index in [1.165, 1.54) is 24.1 Å². The average molecular weight is 345 g/mol. The van der Waals surface area contributed by atoms with Crippen molar-refractivity contribution in [2.45, 2.75) is 31.7 Å². The largest absolute Gasteiger partial charge is 0.350 e. The second-order valence-corrected chi connectivity index (χ2v) is 6.71. The van der Waals surface area contributed by atoms with E-state index in [2.05, 4.69) is 60.1 Å². The molecule has 7 nitrogen and oxygen atoms in total. The zero-order chi connectivity index (χ0) is 17.3. The Bertz CT molecular complexity index is 972. The zero-order valence-corrected chi connectivity index (χ0v) is 14.2. The SMILES string of the molecule is C1=Nc2cc(CNc3nccc(Nc4cc(C5CC5)[nH]n4)n3)ccc2C1. The third kappa shape index (κ3) is 3.15. The Morgan fingerprint density at radius 3 is 3.00 bits per heavy atom. The van der Waals surface area contributed by atoms with Gasteiger partial charge in [0.15, 0.2) is 5.82 Å². The fraction of sp³-hybridized carbons (Fsp3) is 0.263. The molecule has 7 heteroatoms. The molecule has 0 saturated heterocycles. The summed E-state index contributed by atoms with van der Waals surface area (Å²) in [5.41, 5.74) is 4.69. The molecule has 1 aromatic carbocycles. The van der Waals surface area contributed by atoms with Crippen LogP contribution < -0.4 is 10.6 Å². The molecular formula is C19H19N7. The van der Waals surface area contributed by atoms with Crippen molar-refractivity contribution in [2.75, 3.05) is 10.6 Å². The number of aromatic amines is 1. The maximum atomic E-state index is 4.51. The number of hydrogen-bond acceptors (Lipinski definition) is 6. The number of nitrogens with one attached hydrogen (secondary N) is 3. The number of fused-ring (bicyclic) bond motifs is 1. The van der Waals surface area contributed by atoms with Crippen LogP contribution in [0.1, 0.15) is 35.6 Å². The average Bonchev–Trinajstić information content (AvgIpc) is 3.23. The summed E-state index contributed by atoms with van der Waals surface area (Å²) in [5, 5.41) is 13.9. The normalized spacial score (nSPS) is 15.1. The molecule has 2 aromatic heterocycles. The fourth-order valence-corrected chi connectivity index (χ4v) is 3.08. The molecule has 3 heterocycles. The van der Waals surface area contributed by atoms with Crippen LogP contribution in [0.4, 0.5) is 23.3 Å². The molecule has 3 aromatic rings. The van der Waals surface area contributed by atoms with E-state index >= 15 is 0 Å². The van der Waals surface area contributed by atoms with Crippen LogP contribution in [0.25, 0.3) is 0 Å². The maximum absolute atomic E-state index is 4.51. The third-order valence-corrected chi connectivity index (χ3v) is 4.67. The van der Waals surface area contributed by atoms with Crippen molar-refractivity contribution in [2.24, 2.45) is 4.99 Å². The van der Waals surface area contributed by atoms with Crippen LogP contribution in [-0.2, 0) is 13.0 Å². The number of aromatic nitrogens is 4. The number of hydrogen-bond donors (Lipinski definition) is 3. The Hall–Kier alpha value is -3.22. The van der Waals surface area contributed by atoms with Crippen LogP contribution in [0.2, 0.25) is 0 Å². The maximum Gasteiger partial charge on any atom is 0.224 e. The molecule has 2 aliphatic rings. The van der Waals surface area contributed by atoms with E-state index < -0.39 is 0 Å². The Morgan fingerprint density at radius 2 is 2.08 bits per heavy atom. The van der Waals surface area contributed by atoms with Crippen LogP contribution in [0.15, 0.2) is 41.5 Å².